The number of rotatable bonds is 6. The Hall–Kier alpha value is -1.56. The molecule has 0 unspecified atom stereocenters. The minimum atomic E-state index is -0.482. The second kappa shape index (κ2) is 6.05. The van der Waals surface area contributed by atoms with E-state index in [1.165, 1.54) is 31.3 Å². The average Bonchev–Trinajstić information content (AvgIpc) is 3.18. The molecular weight excluding hydrogens is 288 g/mol. The van der Waals surface area contributed by atoms with E-state index in [2.05, 4.69) is 0 Å². The topological polar surface area (TPSA) is 72.6 Å². The quantitative estimate of drug-likeness (QED) is 0.646. The third-order valence-electron chi connectivity index (χ3n) is 3.64. The van der Waals surface area contributed by atoms with E-state index in [9.17, 15) is 9.59 Å². The lowest BCUT2D eigenvalue weighted by Crippen LogP contribution is -2.21. The van der Waals surface area contributed by atoms with Crippen LogP contribution in [0.4, 0.5) is 10.7 Å². The van der Waals surface area contributed by atoms with Gasteiger partial charge in [0.1, 0.15) is 10.6 Å². The van der Waals surface area contributed by atoms with E-state index < -0.39 is 5.97 Å². The van der Waals surface area contributed by atoms with Crippen LogP contribution in [0.25, 0.3) is 0 Å². The average molecular weight is 310 g/mol. The number of ether oxygens (including phenoxy) is 1. The van der Waals surface area contributed by atoms with Crippen molar-refractivity contribution in [2.24, 2.45) is 11.8 Å². The zero-order valence-electron chi connectivity index (χ0n) is 12.9. The highest BCUT2D eigenvalue weighted by Crippen LogP contribution is 2.41. The second-order valence-electron chi connectivity index (χ2n) is 5.86. The molecule has 0 amide bonds. The minimum Gasteiger partial charge on any atom is -0.465 e. The van der Waals surface area contributed by atoms with E-state index in [0.29, 0.717) is 16.4 Å². The van der Waals surface area contributed by atoms with Crippen molar-refractivity contribution in [1.82, 2.24) is 0 Å². The Morgan fingerprint density at radius 1 is 1.43 bits per heavy atom. The predicted octanol–water partition coefficient (Wildman–Crippen LogP) is 2.80. The van der Waals surface area contributed by atoms with Gasteiger partial charge in [0.2, 0.25) is 0 Å². The van der Waals surface area contributed by atoms with Crippen molar-refractivity contribution in [1.29, 1.82) is 0 Å². The van der Waals surface area contributed by atoms with Crippen LogP contribution in [0.1, 0.15) is 46.7 Å². The van der Waals surface area contributed by atoms with Crippen LogP contribution in [0.3, 0.4) is 0 Å². The number of carbonyl (C=O) groups is 2. The maximum absolute atomic E-state index is 12.3. The van der Waals surface area contributed by atoms with Crippen LogP contribution >= 0.6 is 11.3 Å². The number of esters is 1. The van der Waals surface area contributed by atoms with Crippen molar-refractivity contribution in [2.45, 2.75) is 26.7 Å². The van der Waals surface area contributed by atoms with Crippen molar-refractivity contribution in [3.8, 4) is 0 Å². The SMILES string of the molecule is COC(=O)c1c(N(C)CC2CC2)sc(C(=O)C(C)C)c1N. The molecule has 1 heterocycles. The summed E-state index contributed by atoms with van der Waals surface area (Å²) in [4.78, 5) is 26.8. The number of nitrogens with two attached hydrogens (primary N) is 1. The Balaban J connectivity index is 2.43. The number of nitrogens with zero attached hydrogens (tertiary/aromatic N) is 1. The number of carbonyl (C=O) groups excluding carboxylic acids is 2. The highest BCUT2D eigenvalue weighted by atomic mass is 32.1. The number of Topliss-reactive ketones (excluding diaryl/α,β-unsaturated/α-hetero) is 1. The summed E-state index contributed by atoms with van der Waals surface area (Å²) < 4.78 is 4.83. The van der Waals surface area contributed by atoms with Gasteiger partial charge in [0.05, 0.1) is 17.7 Å². The number of thiophene rings is 1. The molecule has 6 heteroatoms. The molecule has 1 aliphatic rings. The monoisotopic (exact) mass is 310 g/mol. The fourth-order valence-corrected chi connectivity index (χ4v) is 3.48. The largest absolute Gasteiger partial charge is 0.465 e. The summed E-state index contributed by atoms with van der Waals surface area (Å²) in [6.07, 6.45) is 2.44. The van der Waals surface area contributed by atoms with Gasteiger partial charge >= 0.3 is 5.97 Å². The predicted molar refractivity (Wildman–Crippen MR) is 85.2 cm³/mol. The van der Waals surface area contributed by atoms with Crippen LogP contribution in [-0.4, -0.2) is 32.5 Å². The molecule has 1 saturated carbocycles. The number of ketones is 1. The standard InChI is InChI=1S/C15H22N2O3S/c1-8(2)12(18)13-11(16)10(15(19)20-4)14(21-13)17(3)7-9-5-6-9/h8-9H,5-7,16H2,1-4H3. The van der Waals surface area contributed by atoms with Gasteiger partial charge in [-0.15, -0.1) is 11.3 Å². The lowest BCUT2D eigenvalue weighted by Gasteiger charge is -2.18. The smallest absolute Gasteiger partial charge is 0.343 e. The van der Waals surface area contributed by atoms with Gasteiger partial charge < -0.3 is 15.4 Å². The van der Waals surface area contributed by atoms with E-state index in [1.54, 1.807) is 0 Å². The van der Waals surface area contributed by atoms with Gasteiger partial charge in [-0.3, -0.25) is 4.79 Å². The molecule has 1 aliphatic carbocycles. The number of hydrogen-bond acceptors (Lipinski definition) is 6. The van der Waals surface area contributed by atoms with Gasteiger partial charge in [-0.05, 0) is 18.8 Å². The molecule has 0 radical (unpaired) electrons. The molecule has 0 bridgehead atoms. The molecule has 5 nitrogen and oxygen atoms in total. The maximum Gasteiger partial charge on any atom is 0.343 e. The summed E-state index contributed by atoms with van der Waals surface area (Å²) in [6.45, 7) is 4.53. The highest BCUT2D eigenvalue weighted by Gasteiger charge is 2.31. The van der Waals surface area contributed by atoms with Crippen molar-refractivity contribution in [3.05, 3.63) is 10.4 Å². The Kier molecular flexibility index (Phi) is 4.56. The van der Waals surface area contributed by atoms with Crippen LogP contribution in [0, 0.1) is 11.8 Å². The van der Waals surface area contributed by atoms with E-state index >= 15 is 0 Å². The van der Waals surface area contributed by atoms with Crippen LogP contribution in [0.5, 0.6) is 0 Å². The zero-order valence-corrected chi connectivity index (χ0v) is 13.8. The van der Waals surface area contributed by atoms with E-state index in [1.807, 2.05) is 25.8 Å². The van der Waals surface area contributed by atoms with Gasteiger partial charge in [0.25, 0.3) is 0 Å². The van der Waals surface area contributed by atoms with Crippen molar-refractivity contribution >= 4 is 33.8 Å². The highest BCUT2D eigenvalue weighted by molar-refractivity contribution is 7.19. The molecule has 2 rings (SSSR count). The molecule has 116 valence electrons. The van der Waals surface area contributed by atoms with Crippen LogP contribution in [0.2, 0.25) is 0 Å². The van der Waals surface area contributed by atoms with Gasteiger partial charge in [0.15, 0.2) is 5.78 Å². The van der Waals surface area contributed by atoms with Crippen LogP contribution in [0.15, 0.2) is 0 Å². The van der Waals surface area contributed by atoms with Gasteiger partial charge in [-0.25, -0.2) is 4.79 Å². The zero-order chi connectivity index (χ0) is 15.7. The first-order valence-corrected chi connectivity index (χ1v) is 7.94. The number of hydrogen-bond donors (Lipinski definition) is 1. The fraction of sp³-hybridized carbons (Fsp3) is 0.600. The first-order chi connectivity index (χ1) is 9.86. The molecule has 1 aromatic heterocycles. The molecule has 0 saturated heterocycles. The number of nitrogen functional groups attached to an aromatic ring is 1. The molecule has 2 N–H and O–H groups in total. The lowest BCUT2D eigenvalue weighted by molar-refractivity contribution is 0.0603. The van der Waals surface area contributed by atoms with Gasteiger partial charge in [-0.1, -0.05) is 13.8 Å². The molecule has 1 aromatic rings. The second-order valence-corrected chi connectivity index (χ2v) is 6.86. The van der Waals surface area contributed by atoms with E-state index in [4.69, 9.17) is 10.5 Å². The van der Waals surface area contributed by atoms with Crippen molar-refractivity contribution in [3.63, 3.8) is 0 Å². The van der Waals surface area contributed by atoms with Crippen molar-refractivity contribution in [2.75, 3.05) is 31.3 Å². The first-order valence-electron chi connectivity index (χ1n) is 7.12. The molecule has 0 aromatic carbocycles. The van der Waals surface area contributed by atoms with Gasteiger partial charge in [0, 0.05) is 19.5 Å². The minimum absolute atomic E-state index is 0.0336. The normalized spacial score (nSPS) is 14.3. The number of methoxy groups -OCH3 is 1. The molecule has 0 spiro atoms. The molecule has 21 heavy (non-hydrogen) atoms. The summed E-state index contributed by atoms with van der Waals surface area (Å²) in [5.74, 6) is 0.00374. The Morgan fingerprint density at radius 2 is 2.05 bits per heavy atom. The summed E-state index contributed by atoms with van der Waals surface area (Å²) in [5, 5.41) is 0.732. The van der Waals surface area contributed by atoms with Crippen molar-refractivity contribution < 1.29 is 14.3 Å². The third kappa shape index (κ3) is 3.20. The fourth-order valence-electron chi connectivity index (χ4n) is 2.22. The summed E-state index contributed by atoms with van der Waals surface area (Å²) in [6, 6.07) is 0. The summed E-state index contributed by atoms with van der Waals surface area (Å²) >= 11 is 1.29. The first kappa shape index (κ1) is 15.8. The van der Waals surface area contributed by atoms with E-state index in [0.717, 1.165) is 11.5 Å². The Morgan fingerprint density at radius 3 is 2.52 bits per heavy atom. The van der Waals surface area contributed by atoms with Crippen LogP contribution in [-0.2, 0) is 4.74 Å². The molecule has 0 atom stereocenters. The van der Waals surface area contributed by atoms with Gasteiger partial charge in [-0.2, -0.15) is 0 Å². The summed E-state index contributed by atoms with van der Waals surface area (Å²) in [5.41, 5.74) is 6.65. The number of anilines is 2. The molecular formula is C15H22N2O3S. The van der Waals surface area contributed by atoms with E-state index in [-0.39, 0.29) is 17.4 Å². The molecule has 1 fully saturated rings. The molecule has 0 aliphatic heterocycles. The Bertz CT molecular complexity index is 562. The third-order valence-corrected chi connectivity index (χ3v) is 4.97. The maximum atomic E-state index is 12.3. The lowest BCUT2D eigenvalue weighted by atomic mass is 10.1. The Labute approximate surface area is 129 Å². The van der Waals surface area contributed by atoms with Crippen LogP contribution < -0.4 is 10.6 Å². The summed E-state index contributed by atoms with van der Waals surface area (Å²) in [7, 11) is 3.26.